The Morgan fingerprint density at radius 3 is 2.75 bits per heavy atom. The summed E-state index contributed by atoms with van der Waals surface area (Å²) in [6, 6.07) is 14.8. The first-order valence-corrected chi connectivity index (χ1v) is 7.56. The number of nitrogens with one attached hydrogen (secondary N) is 1. The van der Waals surface area contributed by atoms with Gasteiger partial charge in [0.2, 0.25) is 0 Å². The molecule has 5 nitrogen and oxygen atoms in total. The molecule has 0 radical (unpaired) electrons. The minimum atomic E-state index is -0.457. The van der Waals surface area contributed by atoms with Crippen LogP contribution in [0.2, 0.25) is 0 Å². The van der Waals surface area contributed by atoms with Crippen LogP contribution in [0.15, 0.2) is 48.5 Å². The molecule has 3 N–H and O–H groups in total. The highest BCUT2D eigenvalue weighted by molar-refractivity contribution is 5.67. The summed E-state index contributed by atoms with van der Waals surface area (Å²) in [6.45, 7) is 0.656. The van der Waals surface area contributed by atoms with Gasteiger partial charge in [0.05, 0.1) is 12.7 Å². The van der Waals surface area contributed by atoms with Crippen LogP contribution in [0.3, 0.4) is 0 Å². The molecule has 0 aliphatic rings. The minimum Gasteiger partial charge on any atom is -0.497 e. The Kier molecular flexibility index (Phi) is 6.54. The second-order valence-corrected chi connectivity index (χ2v) is 4.99. The van der Waals surface area contributed by atoms with Crippen molar-refractivity contribution in [2.75, 3.05) is 19.4 Å². The lowest BCUT2D eigenvalue weighted by Gasteiger charge is -2.05. The number of methoxy groups -OCH3 is 1. The number of nitrogen functional groups attached to an aromatic ring is 1. The van der Waals surface area contributed by atoms with Crippen molar-refractivity contribution in [2.24, 2.45) is 0 Å². The van der Waals surface area contributed by atoms with Gasteiger partial charge in [-0.1, -0.05) is 42.2 Å². The maximum Gasteiger partial charge on any atom is 0.407 e. The third-order valence-electron chi connectivity index (χ3n) is 3.22. The predicted molar refractivity (Wildman–Crippen MR) is 93.5 cm³/mol. The number of alkyl carbamates (subject to hydrolysis) is 1. The lowest BCUT2D eigenvalue weighted by molar-refractivity contribution is 0.140. The molecule has 5 heteroatoms. The van der Waals surface area contributed by atoms with E-state index in [-0.39, 0.29) is 6.61 Å². The molecule has 0 heterocycles. The number of hydrogen-bond acceptors (Lipinski definition) is 4. The number of amides is 1. The molecule has 0 aliphatic carbocycles. The summed E-state index contributed by atoms with van der Waals surface area (Å²) < 4.78 is 10.2. The molecule has 0 bridgehead atoms. The molecule has 0 aromatic heterocycles. The minimum absolute atomic E-state index is 0.249. The highest BCUT2D eigenvalue weighted by Gasteiger charge is 2.01. The van der Waals surface area contributed by atoms with Crippen LogP contribution in [0.5, 0.6) is 5.75 Å². The average Bonchev–Trinajstić information content (AvgIpc) is 2.62. The van der Waals surface area contributed by atoms with Gasteiger partial charge in [-0.15, -0.1) is 0 Å². The Morgan fingerprint density at radius 2 is 2.00 bits per heavy atom. The molecular formula is C19H20N2O3. The van der Waals surface area contributed by atoms with E-state index in [1.807, 2.05) is 30.3 Å². The van der Waals surface area contributed by atoms with E-state index in [9.17, 15) is 4.79 Å². The molecule has 2 aromatic rings. The molecule has 0 atom stereocenters. The van der Waals surface area contributed by atoms with E-state index in [4.69, 9.17) is 15.2 Å². The van der Waals surface area contributed by atoms with Gasteiger partial charge in [0.25, 0.3) is 0 Å². The van der Waals surface area contributed by atoms with E-state index in [1.54, 1.807) is 25.3 Å². The first-order chi connectivity index (χ1) is 11.7. The zero-order valence-corrected chi connectivity index (χ0v) is 13.5. The summed E-state index contributed by atoms with van der Waals surface area (Å²) in [5.41, 5.74) is 8.10. The molecule has 0 saturated heterocycles. The second-order valence-electron chi connectivity index (χ2n) is 4.99. The van der Waals surface area contributed by atoms with Gasteiger partial charge in [0.1, 0.15) is 12.4 Å². The van der Waals surface area contributed by atoms with Gasteiger partial charge in [-0.2, -0.15) is 0 Å². The first-order valence-electron chi connectivity index (χ1n) is 7.56. The van der Waals surface area contributed by atoms with Crippen molar-refractivity contribution >= 4 is 11.8 Å². The predicted octanol–water partition coefficient (Wildman–Crippen LogP) is 2.95. The number of anilines is 1. The van der Waals surface area contributed by atoms with E-state index >= 15 is 0 Å². The standard InChI is InChI=1S/C19H20N2O3/c1-23-17-10-11-18(20)16(13-17)9-5-6-12-21-19(22)24-14-15-7-3-2-4-8-15/h2-4,7-8,10-11,13H,6,12,14,20H2,1H3,(H,21,22). The van der Waals surface area contributed by atoms with Crippen LogP contribution in [0.4, 0.5) is 10.5 Å². The van der Waals surface area contributed by atoms with E-state index in [1.165, 1.54) is 0 Å². The van der Waals surface area contributed by atoms with Crippen LogP contribution < -0.4 is 15.8 Å². The molecule has 0 spiro atoms. The lowest BCUT2D eigenvalue weighted by atomic mass is 10.1. The van der Waals surface area contributed by atoms with Gasteiger partial charge < -0.3 is 20.5 Å². The van der Waals surface area contributed by atoms with Gasteiger partial charge in [-0.3, -0.25) is 0 Å². The number of nitrogens with two attached hydrogens (primary N) is 1. The zero-order valence-electron chi connectivity index (χ0n) is 13.5. The molecule has 0 aliphatic heterocycles. The van der Waals surface area contributed by atoms with Crippen molar-refractivity contribution in [3.05, 3.63) is 59.7 Å². The fraction of sp³-hybridized carbons (Fsp3) is 0.211. The Hall–Kier alpha value is -3.13. The monoisotopic (exact) mass is 324 g/mol. The molecule has 0 fully saturated rings. The largest absolute Gasteiger partial charge is 0.497 e. The van der Waals surface area contributed by atoms with Crippen molar-refractivity contribution < 1.29 is 14.3 Å². The Balaban J connectivity index is 1.72. The molecule has 124 valence electrons. The highest BCUT2D eigenvalue weighted by atomic mass is 16.5. The van der Waals surface area contributed by atoms with Crippen molar-refractivity contribution in [1.29, 1.82) is 0 Å². The van der Waals surface area contributed by atoms with E-state index in [0.29, 0.717) is 30.0 Å². The quantitative estimate of drug-likeness (QED) is 0.504. The van der Waals surface area contributed by atoms with Crippen molar-refractivity contribution in [3.8, 4) is 17.6 Å². The van der Waals surface area contributed by atoms with Gasteiger partial charge >= 0.3 is 6.09 Å². The summed E-state index contributed by atoms with van der Waals surface area (Å²) in [7, 11) is 1.59. The maximum absolute atomic E-state index is 11.6. The summed E-state index contributed by atoms with van der Waals surface area (Å²) in [5, 5.41) is 2.66. The van der Waals surface area contributed by atoms with Gasteiger partial charge in [0, 0.05) is 18.7 Å². The summed E-state index contributed by atoms with van der Waals surface area (Å²) in [6.07, 6.45) is 0.0402. The molecule has 2 rings (SSSR count). The lowest BCUT2D eigenvalue weighted by Crippen LogP contribution is -2.24. The zero-order chi connectivity index (χ0) is 17.2. The first kappa shape index (κ1) is 17.2. The van der Waals surface area contributed by atoms with Gasteiger partial charge in [-0.05, 0) is 23.8 Å². The summed E-state index contributed by atoms with van der Waals surface area (Å²) in [5.74, 6) is 6.64. The van der Waals surface area contributed by atoms with Crippen LogP contribution in [0.25, 0.3) is 0 Å². The molecule has 0 saturated carbocycles. The molecule has 1 amide bonds. The van der Waals surface area contributed by atoms with Crippen molar-refractivity contribution in [1.82, 2.24) is 5.32 Å². The number of carbonyl (C=O) groups is 1. The SMILES string of the molecule is COc1ccc(N)c(C#CCCNC(=O)OCc2ccccc2)c1. The van der Waals surface area contributed by atoms with Crippen LogP contribution in [0.1, 0.15) is 17.5 Å². The average molecular weight is 324 g/mol. The smallest absolute Gasteiger partial charge is 0.407 e. The van der Waals surface area contributed by atoms with Crippen LogP contribution >= 0.6 is 0 Å². The summed E-state index contributed by atoms with van der Waals surface area (Å²) in [4.78, 5) is 11.6. The maximum atomic E-state index is 11.6. The fourth-order valence-electron chi connectivity index (χ4n) is 1.93. The highest BCUT2D eigenvalue weighted by Crippen LogP contribution is 2.18. The van der Waals surface area contributed by atoms with E-state index < -0.39 is 6.09 Å². The normalized spacial score (nSPS) is 9.54. The topological polar surface area (TPSA) is 73.6 Å². The Morgan fingerprint density at radius 1 is 1.21 bits per heavy atom. The number of carbonyl (C=O) groups excluding carboxylic acids is 1. The van der Waals surface area contributed by atoms with Crippen LogP contribution in [0, 0.1) is 11.8 Å². The van der Waals surface area contributed by atoms with Gasteiger partial charge in [0.15, 0.2) is 0 Å². The number of ether oxygens (including phenoxy) is 2. The number of rotatable bonds is 5. The Labute approximate surface area is 141 Å². The summed E-state index contributed by atoms with van der Waals surface area (Å²) >= 11 is 0. The van der Waals surface area contributed by atoms with Crippen LogP contribution in [-0.4, -0.2) is 19.7 Å². The third-order valence-corrected chi connectivity index (χ3v) is 3.22. The molecular weight excluding hydrogens is 304 g/mol. The fourth-order valence-corrected chi connectivity index (χ4v) is 1.93. The van der Waals surface area contributed by atoms with Crippen molar-refractivity contribution in [3.63, 3.8) is 0 Å². The number of benzene rings is 2. The molecule has 24 heavy (non-hydrogen) atoms. The second kappa shape index (κ2) is 9.11. The van der Waals surface area contributed by atoms with Gasteiger partial charge in [-0.25, -0.2) is 4.79 Å². The number of hydrogen-bond donors (Lipinski definition) is 2. The van der Waals surface area contributed by atoms with Crippen LogP contribution in [-0.2, 0) is 11.3 Å². The van der Waals surface area contributed by atoms with E-state index in [0.717, 1.165) is 5.56 Å². The van der Waals surface area contributed by atoms with E-state index in [2.05, 4.69) is 17.2 Å². The van der Waals surface area contributed by atoms with Crippen molar-refractivity contribution in [2.45, 2.75) is 13.0 Å². The molecule has 2 aromatic carbocycles. The third kappa shape index (κ3) is 5.58. The Bertz CT molecular complexity index is 733. The molecule has 0 unspecified atom stereocenters.